The third-order valence-corrected chi connectivity index (χ3v) is 1.84. The largest absolute Gasteiger partial charge is 0.484 e. The number of nitrogens with zero attached hydrogens (tertiary/aromatic N) is 1. The molecule has 0 bridgehead atoms. The van der Waals surface area contributed by atoms with Gasteiger partial charge in [-0.15, -0.1) is 0 Å². The van der Waals surface area contributed by atoms with Crippen molar-refractivity contribution in [1.82, 2.24) is 4.98 Å². The van der Waals surface area contributed by atoms with Crippen LogP contribution in [0.1, 0.15) is 20.8 Å². The molecule has 0 spiro atoms. The van der Waals surface area contributed by atoms with E-state index in [0.29, 0.717) is 5.75 Å². The van der Waals surface area contributed by atoms with Gasteiger partial charge in [-0.05, 0) is 12.1 Å². The summed E-state index contributed by atoms with van der Waals surface area (Å²) >= 11 is 0. The number of ketones is 1. The van der Waals surface area contributed by atoms with Gasteiger partial charge in [0.25, 0.3) is 0 Å². The standard InChI is InChI=1S/C11H15NO2/c1-11(2,3)10(13)8-14-9-5-4-6-12-7-9/h4-7H,8H2,1-3H3. The van der Waals surface area contributed by atoms with E-state index in [1.165, 1.54) is 0 Å². The minimum absolute atomic E-state index is 0.0846. The number of rotatable bonds is 3. The van der Waals surface area contributed by atoms with Crippen molar-refractivity contribution in [3.63, 3.8) is 0 Å². The predicted molar refractivity (Wildman–Crippen MR) is 54.2 cm³/mol. The lowest BCUT2D eigenvalue weighted by atomic mass is 9.91. The molecule has 0 amide bonds. The number of carbonyl (C=O) groups excluding carboxylic acids is 1. The van der Waals surface area contributed by atoms with E-state index in [1.807, 2.05) is 20.8 Å². The lowest BCUT2D eigenvalue weighted by Crippen LogP contribution is -2.26. The maximum absolute atomic E-state index is 11.5. The molecule has 0 saturated carbocycles. The molecule has 1 aromatic heterocycles. The molecule has 0 aliphatic rings. The fraction of sp³-hybridized carbons (Fsp3) is 0.455. The van der Waals surface area contributed by atoms with Gasteiger partial charge < -0.3 is 4.74 Å². The monoisotopic (exact) mass is 193 g/mol. The van der Waals surface area contributed by atoms with Gasteiger partial charge in [-0.3, -0.25) is 9.78 Å². The normalized spacial score (nSPS) is 11.1. The SMILES string of the molecule is CC(C)(C)C(=O)COc1cccnc1. The molecule has 1 rings (SSSR count). The molecule has 76 valence electrons. The Morgan fingerprint density at radius 2 is 2.21 bits per heavy atom. The molecule has 3 heteroatoms. The van der Waals surface area contributed by atoms with E-state index in [-0.39, 0.29) is 17.8 Å². The van der Waals surface area contributed by atoms with Gasteiger partial charge in [0.15, 0.2) is 5.78 Å². The Bertz CT molecular complexity index is 301. The highest BCUT2D eigenvalue weighted by Crippen LogP contribution is 2.15. The second-order valence-corrected chi connectivity index (χ2v) is 4.15. The summed E-state index contributed by atoms with van der Waals surface area (Å²) in [5, 5.41) is 0. The number of ether oxygens (including phenoxy) is 1. The van der Waals surface area contributed by atoms with Crippen molar-refractivity contribution in [2.75, 3.05) is 6.61 Å². The molecule has 0 aliphatic heterocycles. The summed E-state index contributed by atoms with van der Waals surface area (Å²) in [4.78, 5) is 15.4. The Kier molecular flexibility index (Phi) is 3.23. The molecule has 0 atom stereocenters. The second-order valence-electron chi connectivity index (χ2n) is 4.15. The van der Waals surface area contributed by atoms with Crippen LogP contribution in [0.5, 0.6) is 5.75 Å². The lowest BCUT2D eigenvalue weighted by molar-refractivity contribution is -0.128. The predicted octanol–water partition coefficient (Wildman–Crippen LogP) is 2.08. The third-order valence-electron chi connectivity index (χ3n) is 1.84. The zero-order valence-electron chi connectivity index (χ0n) is 8.78. The first-order chi connectivity index (χ1) is 6.50. The molecule has 1 heterocycles. The van der Waals surface area contributed by atoms with E-state index in [2.05, 4.69) is 4.98 Å². The van der Waals surface area contributed by atoms with Crippen molar-refractivity contribution < 1.29 is 9.53 Å². The molecule has 0 fully saturated rings. The second kappa shape index (κ2) is 4.22. The third kappa shape index (κ3) is 3.17. The summed E-state index contributed by atoms with van der Waals surface area (Å²) < 4.78 is 5.28. The van der Waals surface area contributed by atoms with Gasteiger partial charge in [-0.1, -0.05) is 20.8 Å². The number of Topliss-reactive ketones (excluding diaryl/α,β-unsaturated/α-hetero) is 1. The highest BCUT2D eigenvalue weighted by atomic mass is 16.5. The van der Waals surface area contributed by atoms with Crippen LogP contribution in [0.25, 0.3) is 0 Å². The fourth-order valence-electron chi connectivity index (χ4n) is 0.798. The van der Waals surface area contributed by atoms with Gasteiger partial charge in [0.2, 0.25) is 0 Å². The maximum atomic E-state index is 11.5. The number of hydrogen-bond donors (Lipinski definition) is 0. The fourth-order valence-corrected chi connectivity index (χ4v) is 0.798. The molecule has 0 N–H and O–H groups in total. The van der Waals surface area contributed by atoms with Crippen LogP contribution in [-0.2, 0) is 4.79 Å². The quantitative estimate of drug-likeness (QED) is 0.737. The summed E-state index contributed by atoms with van der Waals surface area (Å²) in [6.07, 6.45) is 3.26. The van der Waals surface area contributed by atoms with Crippen molar-refractivity contribution in [1.29, 1.82) is 0 Å². The van der Waals surface area contributed by atoms with Crippen molar-refractivity contribution in [3.05, 3.63) is 24.5 Å². The zero-order valence-corrected chi connectivity index (χ0v) is 8.78. The van der Waals surface area contributed by atoms with E-state index in [1.54, 1.807) is 24.5 Å². The van der Waals surface area contributed by atoms with E-state index in [9.17, 15) is 4.79 Å². The molecule has 0 aromatic carbocycles. The molecule has 0 saturated heterocycles. The van der Waals surface area contributed by atoms with Gasteiger partial charge in [-0.25, -0.2) is 0 Å². The van der Waals surface area contributed by atoms with Crippen LogP contribution in [0.2, 0.25) is 0 Å². The van der Waals surface area contributed by atoms with Crippen LogP contribution >= 0.6 is 0 Å². The van der Waals surface area contributed by atoms with Crippen LogP contribution in [0.3, 0.4) is 0 Å². The summed E-state index contributed by atoms with van der Waals surface area (Å²) in [7, 11) is 0. The Hall–Kier alpha value is -1.38. The first kappa shape index (κ1) is 10.7. The zero-order chi connectivity index (χ0) is 10.6. The summed E-state index contributed by atoms with van der Waals surface area (Å²) in [6, 6.07) is 3.56. The average molecular weight is 193 g/mol. The Morgan fingerprint density at radius 3 is 2.71 bits per heavy atom. The topological polar surface area (TPSA) is 39.2 Å². The minimum Gasteiger partial charge on any atom is -0.484 e. The molecule has 0 unspecified atom stereocenters. The lowest BCUT2D eigenvalue weighted by Gasteiger charge is -2.16. The van der Waals surface area contributed by atoms with Crippen LogP contribution in [0, 0.1) is 5.41 Å². The van der Waals surface area contributed by atoms with Crippen molar-refractivity contribution in [2.24, 2.45) is 5.41 Å². The molecule has 3 nitrogen and oxygen atoms in total. The van der Waals surface area contributed by atoms with E-state index >= 15 is 0 Å². The summed E-state index contributed by atoms with van der Waals surface area (Å²) in [6.45, 7) is 5.74. The Morgan fingerprint density at radius 1 is 1.50 bits per heavy atom. The van der Waals surface area contributed by atoms with Gasteiger partial charge in [-0.2, -0.15) is 0 Å². The Labute approximate surface area is 84.1 Å². The molecule has 14 heavy (non-hydrogen) atoms. The molecular weight excluding hydrogens is 178 g/mol. The van der Waals surface area contributed by atoms with E-state index in [4.69, 9.17) is 4.74 Å². The number of hydrogen-bond acceptors (Lipinski definition) is 3. The first-order valence-electron chi connectivity index (χ1n) is 4.56. The van der Waals surface area contributed by atoms with Gasteiger partial charge in [0.05, 0.1) is 6.20 Å². The van der Waals surface area contributed by atoms with Crippen LogP contribution in [0.15, 0.2) is 24.5 Å². The average Bonchev–Trinajstić information content (AvgIpc) is 2.14. The first-order valence-corrected chi connectivity index (χ1v) is 4.56. The number of pyridine rings is 1. The molecule has 0 radical (unpaired) electrons. The van der Waals surface area contributed by atoms with Crippen molar-refractivity contribution in [2.45, 2.75) is 20.8 Å². The van der Waals surface area contributed by atoms with Gasteiger partial charge >= 0.3 is 0 Å². The highest BCUT2D eigenvalue weighted by molar-refractivity contribution is 5.85. The smallest absolute Gasteiger partial charge is 0.175 e. The van der Waals surface area contributed by atoms with Gasteiger partial charge in [0.1, 0.15) is 12.4 Å². The molecule has 1 aromatic rings. The van der Waals surface area contributed by atoms with E-state index < -0.39 is 0 Å². The van der Waals surface area contributed by atoms with Crippen LogP contribution < -0.4 is 4.74 Å². The van der Waals surface area contributed by atoms with Crippen molar-refractivity contribution in [3.8, 4) is 5.75 Å². The van der Waals surface area contributed by atoms with E-state index in [0.717, 1.165) is 0 Å². The van der Waals surface area contributed by atoms with Crippen molar-refractivity contribution >= 4 is 5.78 Å². The maximum Gasteiger partial charge on any atom is 0.175 e. The molecule has 0 aliphatic carbocycles. The van der Waals surface area contributed by atoms with Gasteiger partial charge in [0, 0.05) is 11.6 Å². The van der Waals surface area contributed by atoms with Crippen LogP contribution in [-0.4, -0.2) is 17.4 Å². The molecular formula is C11H15NO2. The summed E-state index contributed by atoms with van der Waals surface area (Å²) in [5.41, 5.74) is -0.345. The van der Waals surface area contributed by atoms with Crippen LogP contribution in [0.4, 0.5) is 0 Å². The number of carbonyl (C=O) groups is 1. The summed E-state index contributed by atoms with van der Waals surface area (Å²) in [5.74, 6) is 0.714. The Balaban J connectivity index is 2.46. The minimum atomic E-state index is -0.345. The highest BCUT2D eigenvalue weighted by Gasteiger charge is 2.21. The number of aromatic nitrogens is 1.